The van der Waals surface area contributed by atoms with Gasteiger partial charge in [-0.3, -0.25) is 4.98 Å². The first kappa shape index (κ1) is 20.1. The van der Waals surface area contributed by atoms with Crippen molar-refractivity contribution in [1.82, 2.24) is 10.3 Å². The Morgan fingerprint density at radius 1 is 1.07 bits per heavy atom. The fourth-order valence-electron chi connectivity index (χ4n) is 5.79. The molecule has 1 aliphatic carbocycles. The van der Waals surface area contributed by atoms with Gasteiger partial charge in [0.2, 0.25) is 0 Å². The van der Waals surface area contributed by atoms with Crippen LogP contribution in [0.15, 0.2) is 42.6 Å². The van der Waals surface area contributed by atoms with E-state index >= 15 is 0 Å². The number of aromatic nitrogens is 1. The van der Waals surface area contributed by atoms with Crippen LogP contribution in [-0.2, 0) is 21.3 Å². The highest BCUT2D eigenvalue weighted by Gasteiger charge is 2.48. The molecule has 1 N–H and O–H groups in total. The number of nitrogens with one attached hydrogen (secondary N) is 1. The Bertz CT molecular complexity index is 860. The van der Waals surface area contributed by atoms with Crippen LogP contribution in [0.1, 0.15) is 61.4 Å². The molecular weight excluding hydrogens is 379 g/mol. The predicted molar refractivity (Wildman–Crippen MR) is 114 cm³/mol. The van der Waals surface area contributed by atoms with Crippen LogP contribution in [0, 0.1) is 5.82 Å². The van der Waals surface area contributed by atoms with Crippen LogP contribution in [0.2, 0.25) is 0 Å². The van der Waals surface area contributed by atoms with E-state index in [-0.39, 0.29) is 16.8 Å². The lowest BCUT2D eigenvalue weighted by molar-refractivity contribution is -0.154. The number of hydrogen-bond donors (Lipinski definition) is 1. The third kappa shape index (κ3) is 3.91. The molecule has 1 aromatic heterocycles. The fourth-order valence-corrected chi connectivity index (χ4v) is 5.79. The maximum atomic E-state index is 13.6. The monoisotopic (exact) mass is 410 g/mol. The van der Waals surface area contributed by atoms with Crippen LogP contribution in [0.5, 0.6) is 0 Å². The Morgan fingerprint density at radius 2 is 1.93 bits per heavy atom. The lowest BCUT2D eigenvalue weighted by Gasteiger charge is -2.49. The van der Waals surface area contributed by atoms with Crippen molar-refractivity contribution in [2.45, 2.75) is 62.0 Å². The van der Waals surface area contributed by atoms with Crippen molar-refractivity contribution in [3.63, 3.8) is 0 Å². The highest BCUT2D eigenvalue weighted by molar-refractivity contribution is 5.34. The molecule has 0 saturated carbocycles. The number of pyridine rings is 1. The van der Waals surface area contributed by atoms with Gasteiger partial charge in [-0.25, -0.2) is 4.39 Å². The van der Waals surface area contributed by atoms with E-state index in [2.05, 4.69) is 34.6 Å². The number of aryl methyl sites for hydroxylation is 1. The zero-order valence-electron chi connectivity index (χ0n) is 17.5. The third-order valence-electron chi connectivity index (χ3n) is 7.45. The van der Waals surface area contributed by atoms with E-state index in [1.54, 1.807) is 6.07 Å². The minimum absolute atomic E-state index is 0.0889. The average Bonchev–Trinajstić information content (AvgIpc) is 3.18. The second-order valence-electron chi connectivity index (χ2n) is 9.21. The van der Waals surface area contributed by atoms with Crippen molar-refractivity contribution >= 4 is 0 Å². The summed E-state index contributed by atoms with van der Waals surface area (Å²) >= 11 is 0. The topological polar surface area (TPSA) is 43.4 Å². The molecule has 2 saturated heterocycles. The van der Waals surface area contributed by atoms with Crippen LogP contribution < -0.4 is 5.32 Å². The highest BCUT2D eigenvalue weighted by Crippen LogP contribution is 2.47. The van der Waals surface area contributed by atoms with Crippen LogP contribution in [-0.4, -0.2) is 37.0 Å². The van der Waals surface area contributed by atoms with Gasteiger partial charge in [0.25, 0.3) is 0 Å². The number of rotatable bonds is 5. The molecule has 1 spiro atoms. The zero-order chi connectivity index (χ0) is 20.4. The number of ether oxygens (including phenoxy) is 2. The van der Waals surface area contributed by atoms with Gasteiger partial charge in [0.1, 0.15) is 5.82 Å². The molecule has 2 aromatic rings. The maximum absolute atomic E-state index is 13.6. The molecule has 4 nitrogen and oxygen atoms in total. The van der Waals surface area contributed by atoms with Crippen molar-refractivity contribution in [3.8, 4) is 0 Å². The summed E-state index contributed by atoms with van der Waals surface area (Å²) in [6, 6.07) is 12.6. The summed E-state index contributed by atoms with van der Waals surface area (Å²) in [6.07, 6.45) is 8.38. The molecule has 3 heterocycles. The smallest absolute Gasteiger partial charge is 0.141 e. The van der Waals surface area contributed by atoms with Gasteiger partial charge >= 0.3 is 0 Å². The SMILES string of the molecule is Fc1ccc([C@]2(CCN[C@H]3CCc4ccccc43)CCOC3(CCOCC3)C2)nc1. The second-order valence-corrected chi connectivity index (χ2v) is 9.21. The minimum Gasteiger partial charge on any atom is -0.381 e. The summed E-state index contributed by atoms with van der Waals surface area (Å²) in [5.74, 6) is -0.276. The van der Waals surface area contributed by atoms with Gasteiger partial charge in [-0.05, 0) is 74.8 Å². The van der Waals surface area contributed by atoms with Gasteiger partial charge in [0.05, 0.1) is 11.8 Å². The van der Waals surface area contributed by atoms with Crippen molar-refractivity contribution < 1.29 is 13.9 Å². The number of hydrogen-bond acceptors (Lipinski definition) is 4. The summed E-state index contributed by atoms with van der Waals surface area (Å²) in [5.41, 5.74) is 3.70. The molecular formula is C25H31FN2O2. The molecule has 1 aromatic carbocycles. The molecule has 30 heavy (non-hydrogen) atoms. The Morgan fingerprint density at radius 3 is 2.77 bits per heavy atom. The number of halogens is 1. The highest BCUT2D eigenvalue weighted by atomic mass is 19.1. The van der Waals surface area contributed by atoms with E-state index in [1.807, 2.05) is 6.07 Å². The lowest BCUT2D eigenvalue weighted by atomic mass is 9.66. The van der Waals surface area contributed by atoms with Crippen LogP contribution in [0.4, 0.5) is 4.39 Å². The number of benzene rings is 1. The molecule has 0 amide bonds. The normalized spacial score (nSPS) is 27.8. The van der Waals surface area contributed by atoms with Crippen LogP contribution in [0.3, 0.4) is 0 Å². The van der Waals surface area contributed by atoms with Crippen molar-refractivity contribution in [3.05, 3.63) is 65.2 Å². The van der Waals surface area contributed by atoms with Crippen LogP contribution in [0.25, 0.3) is 0 Å². The third-order valence-corrected chi connectivity index (χ3v) is 7.45. The summed E-state index contributed by atoms with van der Waals surface area (Å²) in [5, 5.41) is 3.82. The van der Waals surface area contributed by atoms with E-state index in [0.29, 0.717) is 6.04 Å². The Balaban J connectivity index is 1.35. The molecule has 0 unspecified atom stereocenters. The summed E-state index contributed by atoms with van der Waals surface area (Å²) < 4.78 is 25.5. The predicted octanol–water partition coefficient (Wildman–Crippen LogP) is 4.49. The quantitative estimate of drug-likeness (QED) is 0.789. The van der Waals surface area contributed by atoms with Gasteiger partial charge in [-0.1, -0.05) is 24.3 Å². The minimum atomic E-state index is -0.276. The number of nitrogens with zero attached hydrogens (tertiary/aromatic N) is 1. The van der Waals surface area contributed by atoms with E-state index in [9.17, 15) is 4.39 Å². The van der Waals surface area contributed by atoms with Gasteiger partial charge in [0.15, 0.2) is 0 Å². The Hall–Kier alpha value is -1.82. The van der Waals surface area contributed by atoms with Crippen molar-refractivity contribution in [2.24, 2.45) is 0 Å². The molecule has 0 radical (unpaired) electrons. The maximum Gasteiger partial charge on any atom is 0.141 e. The van der Waals surface area contributed by atoms with Crippen molar-refractivity contribution in [2.75, 3.05) is 26.4 Å². The molecule has 5 rings (SSSR count). The average molecular weight is 411 g/mol. The summed E-state index contributed by atoms with van der Waals surface area (Å²) in [4.78, 5) is 4.55. The fraction of sp³-hybridized carbons (Fsp3) is 0.560. The summed E-state index contributed by atoms with van der Waals surface area (Å²) in [6.45, 7) is 3.16. The van der Waals surface area contributed by atoms with E-state index < -0.39 is 0 Å². The standard InChI is InChI=1S/C25H31FN2O2/c26-20-6-8-23(28-17-20)24(10-16-30-25(18-24)11-14-29-15-12-25)9-13-27-22-7-5-19-3-1-2-4-21(19)22/h1-4,6,8,17,22,27H,5,7,9-16,18H2/t22-,24+/m0/s1. The van der Waals surface area contributed by atoms with E-state index in [1.165, 1.54) is 17.3 Å². The zero-order valence-corrected chi connectivity index (χ0v) is 17.5. The van der Waals surface area contributed by atoms with Gasteiger partial charge in [-0.15, -0.1) is 0 Å². The van der Waals surface area contributed by atoms with Crippen molar-refractivity contribution in [1.29, 1.82) is 0 Å². The first-order valence-corrected chi connectivity index (χ1v) is 11.3. The Labute approximate surface area is 178 Å². The molecule has 0 bridgehead atoms. The second kappa shape index (κ2) is 8.37. The van der Waals surface area contributed by atoms with Gasteiger partial charge < -0.3 is 14.8 Å². The first-order valence-electron chi connectivity index (χ1n) is 11.3. The van der Waals surface area contributed by atoms with Crippen LogP contribution >= 0.6 is 0 Å². The molecule has 2 aliphatic heterocycles. The molecule has 3 aliphatic rings. The Kier molecular flexibility index (Phi) is 5.61. The largest absolute Gasteiger partial charge is 0.381 e. The lowest BCUT2D eigenvalue weighted by Crippen LogP contribution is -2.51. The van der Waals surface area contributed by atoms with Gasteiger partial charge in [0, 0.05) is 37.0 Å². The van der Waals surface area contributed by atoms with E-state index in [0.717, 1.165) is 77.0 Å². The summed E-state index contributed by atoms with van der Waals surface area (Å²) in [7, 11) is 0. The molecule has 2 atom stereocenters. The molecule has 2 fully saturated rings. The van der Waals surface area contributed by atoms with E-state index in [4.69, 9.17) is 9.47 Å². The van der Waals surface area contributed by atoms with Gasteiger partial charge in [-0.2, -0.15) is 0 Å². The number of fused-ring (bicyclic) bond motifs is 1. The molecule has 160 valence electrons. The first-order chi connectivity index (χ1) is 14.7. The molecule has 5 heteroatoms.